The van der Waals surface area contributed by atoms with Crippen LogP contribution in [0.3, 0.4) is 0 Å². The molecule has 0 heterocycles. The van der Waals surface area contributed by atoms with E-state index in [-0.39, 0.29) is 17.0 Å². The second-order valence-corrected chi connectivity index (χ2v) is 7.82. The number of hydrazone groups is 1. The number of allylic oxidation sites excluding steroid dienone is 4. The van der Waals surface area contributed by atoms with Crippen LogP contribution in [0.1, 0.15) is 27.7 Å². The maximum atomic E-state index is 10.8. The highest BCUT2D eigenvalue weighted by Gasteiger charge is 2.12. The predicted molar refractivity (Wildman–Crippen MR) is 127 cm³/mol. The van der Waals surface area contributed by atoms with Crippen LogP contribution in [0.5, 0.6) is 0 Å². The van der Waals surface area contributed by atoms with Gasteiger partial charge in [-0.25, -0.2) is 0 Å². The number of hydrogen-bond donors (Lipinski definition) is 1. The molecule has 0 radical (unpaired) electrons. The molecule has 1 N–H and O–H groups in total. The van der Waals surface area contributed by atoms with Crippen molar-refractivity contribution in [3.8, 4) is 0 Å². The molecule has 1 aromatic carbocycles. The van der Waals surface area contributed by atoms with Gasteiger partial charge in [0, 0.05) is 30.9 Å². The SMILES string of the molecule is CCN(CCOC(C)OCC(C)C)c1ccc(NN=C2C=CC(=[N+]([O-])[O-])C=C2Cl)cc1. The van der Waals surface area contributed by atoms with Gasteiger partial charge in [0.1, 0.15) is 5.71 Å². The van der Waals surface area contributed by atoms with Crippen LogP contribution in [0.15, 0.2) is 52.6 Å². The molecule has 1 aromatic rings. The highest BCUT2D eigenvalue weighted by molar-refractivity contribution is 6.48. The van der Waals surface area contributed by atoms with E-state index in [1.54, 1.807) is 0 Å². The Balaban J connectivity index is 1.88. The standard InChI is InChI=1S/C22H30ClN4O4/c1-5-26(12-13-30-17(4)31-15-16(2)3)19-8-6-18(7-9-19)24-25-22-11-10-20(27(28)29)14-21(22)23/h6-11,14,16-17,24H,5,12-13,15H2,1-4H3/q-1. The Bertz CT molecular complexity index is 830. The number of benzene rings is 1. The fraction of sp³-hybridized carbons (Fsp3) is 0.455. The molecule has 0 saturated heterocycles. The first kappa shape index (κ1) is 24.7. The molecule has 0 aromatic heterocycles. The molecule has 0 aliphatic heterocycles. The van der Waals surface area contributed by atoms with Crippen molar-refractivity contribution in [1.82, 2.24) is 0 Å². The van der Waals surface area contributed by atoms with Crippen molar-refractivity contribution in [2.24, 2.45) is 11.0 Å². The summed E-state index contributed by atoms with van der Waals surface area (Å²) in [7, 11) is 0. The Labute approximate surface area is 188 Å². The monoisotopic (exact) mass is 449 g/mol. The minimum Gasteiger partial charge on any atom is -0.612 e. The van der Waals surface area contributed by atoms with Crippen molar-refractivity contribution in [3.63, 3.8) is 0 Å². The summed E-state index contributed by atoms with van der Waals surface area (Å²) in [5, 5.41) is 26.0. The molecule has 31 heavy (non-hydrogen) atoms. The van der Waals surface area contributed by atoms with Gasteiger partial charge in [0.25, 0.3) is 0 Å². The smallest absolute Gasteiger partial charge is 0.224 e. The molecule has 2 rings (SSSR count). The second-order valence-electron chi connectivity index (χ2n) is 7.41. The Kier molecular flexibility index (Phi) is 9.84. The zero-order valence-corrected chi connectivity index (χ0v) is 19.1. The van der Waals surface area contributed by atoms with Crippen molar-refractivity contribution in [1.29, 1.82) is 0 Å². The van der Waals surface area contributed by atoms with Crippen LogP contribution in [0, 0.1) is 16.3 Å². The maximum absolute atomic E-state index is 10.8. The Morgan fingerprint density at radius 2 is 1.84 bits per heavy atom. The lowest BCUT2D eigenvalue weighted by Crippen LogP contribution is -2.29. The van der Waals surface area contributed by atoms with Crippen molar-refractivity contribution in [3.05, 3.63) is 57.9 Å². The topological polar surface area (TPSA) is 95.2 Å². The number of hydrogen-bond acceptors (Lipinski definition) is 7. The third-order valence-electron chi connectivity index (χ3n) is 4.44. The van der Waals surface area contributed by atoms with E-state index in [4.69, 9.17) is 21.1 Å². The zero-order valence-electron chi connectivity index (χ0n) is 18.4. The van der Waals surface area contributed by atoms with Gasteiger partial charge in [-0.15, -0.1) is 0 Å². The largest absolute Gasteiger partial charge is 0.612 e. The highest BCUT2D eigenvalue weighted by atomic mass is 35.5. The number of halogens is 1. The first-order valence-corrected chi connectivity index (χ1v) is 10.7. The Morgan fingerprint density at radius 1 is 1.13 bits per heavy atom. The molecule has 9 heteroatoms. The first-order chi connectivity index (χ1) is 14.8. The van der Waals surface area contributed by atoms with Crippen LogP contribution >= 0.6 is 11.6 Å². The summed E-state index contributed by atoms with van der Waals surface area (Å²) in [6, 6.07) is 7.82. The summed E-state index contributed by atoms with van der Waals surface area (Å²) in [6.45, 7) is 11.1. The molecule has 1 aliphatic carbocycles. The molecule has 0 bridgehead atoms. The molecule has 0 saturated carbocycles. The lowest BCUT2D eigenvalue weighted by atomic mass is 10.1. The van der Waals surface area contributed by atoms with Crippen LogP contribution in [0.2, 0.25) is 0 Å². The predicted octanol–water partition coefficient (Wildman–Crippen LogP) is 4.46. The second kappa shape index (κ2) is 12.3. The average molecular weight is 450 g/mol. The van der Waals surface area contributed by atoms with E-state index >= 15 is 0 Å². The van der Waals surface area contributed by atoms with E-state index < -0.39 is 4.90 Å². The summed E-state index contributed by atoms with van der Waals surface area (Å²) in [5.74, 6) is 0.480. The van der Waals surface area contributed by atoms with Gasteiger partial charge in [0.05, 0.1) is 23.9 Å². The van der Waals surface area contributed by atoms with Gasteiger partial charge in [-0.2, -0.15) is 10.0 Å². The zero-order chi connectivity index (χ0) is 22.8. The van der Waals surface area contributed by atoms with Gasteiger partial charge in [0.2, 0.25) is 5.71 Å². The number of ether oxygens (including phenoxy) is 2. The van der Waals surface area contributed by atoms with Gasteiger partial charge in [-0.1, -0.05) is 25.4 Å². The molecule has 0 fully saturated rings. The molecule has 0 spiro atoms. The molecule has 170 valence electrons. The maximum Gasteiger partial charge on any atom is 0.224 e. The number of nitrogens with one attached hydrogen (secondary N) is 1. The van der Waals surface area contributed by atoms with E-state index in [1.165, 1.54) is 18.2 Å². The lowest BCUT2D eigenvalue weighted by molar-refractivity contribution is -0.377. The van der Waals surface area contributed by atoms with E-state index in [0.29, 0.717) is 24.8 Å². The van der Waals surface area contributed by atoms with E-state index in [0.717, 1.165) is 24.5 Å². The van der Waals surface area contributed by atoms with Crippen LogP contribution < -0.4 is 10.3 Å². The van der Waals surface area contributed by atoms with Crippen molar-refractivity contribution >= 4 is 34.4 Å². The summed E-state index contributed by atoms with van der Waals surface area (Å²) >= 11 is 6.07. The van der Waals surface area contributed by atoms with Crippen molar-refractivity contribution in [2.75, 3.05) is 36.6 Å². The summed E-state index contributed by atoms with van der Waals surface area (Å²) in [6.07, 6.45) is 3.93. The average Bonchev–Trinajstić information content (AvgIpc) is 2.75. The molecule has 1 atom stereocenters. The molecule has 1 aliphatic rings. The summed E-state index contributed by atoms with van der Waals surface area (Å²) < 4.78 is 11.4. The van der Waals surface area contributed by atoms with Crippen LogP contribution in [-0.2, 0) is 9.47 Å². The van der Waals surface area contributed by atoms with Crippen LogP contribution in [0.25, 0.3) is 0 Å². The molecular weight excluding hydrogens is 420 g/mol. The lowest BCUT2D eigenvalue weighted by Gasteiger charge is -2.24. The van der Waals surface area contributed by atoms with Crippen molar-refractivity contribution < 1.29 is 14.4 Å². The minimum atomic E-state index is -0.494. The van der Waals surface area contributed by atoms with E-state index in [1.807, 2.05) is 31.2 Å². The van der Waals surface area contributed by atoms with Crippen molar-refractivity contribution in [2.45, 2.75) is 34.0 Å². The third-order valence-corrected chi connectivity index (χ3v) is 4.74. The molecular formula is C22H30ClN4O4-. The highest BCUT2D eigenvalue weighted by Crippen LogP contribution is 2.19. The van der Waals surface area contributed by atoms with Gasteiger partial charge in [-0.05, 0) is 50.1 Å². The molecule has 8 nitrogen and oxygen atoms in total. The fourth-order valence-electron chi connectivity index (χ4n) is 2.75. The quantitative estimate of drug-likeness (QED) is 0.232. The summed E-state index contributed by atoms with van der Waals surface area (Å²) in [4.78, 5) is 1.72. The fourth-order valence-corrected chi connectivity index (χ4v) is 2.96. The van der Waals surface area contributed by atoms with E-state index in [9.17, 15) is 10.4 Å². The number of nitrogens with zero attached hydrogens (tertiary/aromatic N) is 3. The number of rotatable bonds is 11. The Morgan fingerprint density at radius 3 is 2.42 bits per heavy atom. The molecule has 1 unspecified atom stereocenters. The van der Waals surface area contributed by atoms with Gasteiger partial charge < -0.3 is 24.8 Å². The number of likely N-dealkylation sites (N-methyl/N-ethyl adjacent to an activating group) is 1. The van der Waals surface area contributed by atoms with Crippen LogP contribution in [-0.4, -0.2) is 48.9 Å². The normalized spacial score (nSPS) is 15.9. The summed E-state index contributed by atoms with van der Waals surface area (Å²) in [5.41, 5.74) is 5.13. The third kappa shape index (κ3) is 8.24. The van der Waals surface area contributed by atoms with Crippen LogP contribution in [0.4, 0.5) is 11.4 Å². The Hall–Kier alpha value is -2.55. The van der Waals surface area contributed by atoms with Gasteiger partial charge >= 0.3 is 0 Å². The first-order valence-electron chi connectivity index (χ1n) is 10.3. The van der Waals surface area contributed by atoms with Gasteiger partial charge in [0.15, 0.2) is 6.29 Å². The number of anilines is 2. The van der Waals surface area contributed by atoms with E-state index in [2.05, 4.69) is 36.2 Å². The minimum absolute atomic E-state index is 0.0715. The van der Waals surface area contributed by atoms with Gasteiger partial charge in [-0.3, -0.25) is 5.43 Å². The molecule has 0 amide bonds.